The maximum atomic E-state index is 12.1. The van der Waals surface area contributed by atoms with Crippen molar-refractivity contribution in [2.75, 3.05) is 0 Å². The van der Waals surface area contributed by atoms with E-state index in [0.29, 0.717) is 11.5 Å². The first-order valence-corrected chi connectivity index (χ1v) is 9.42. The van der Waals surface area contributed by atoms with Gasteiger partial charge in [-0.2, -0.15) is 0 Å². The van der Waals surface area contributed by atoms with Crippen molar-refractivity contribution in [2.45, 2.75) is 39.5 Å². The predicted octanol–water partition coefficient (Wildman–Crippen LogP) is 5.15. The van der Waals surface area contributed by atoms with E-state index in [1.54, 1.807) is 24.3 Å². The number of rotatable bonds is 8. The zero-order chi connectivity index (χ0) is 16.7. The quantitative estimate of drug-likeness (QED) is 0.678. The first-order valence-electron chi connectivity index (χ1n) is 7.92. The highest BCUT2D eigenvalue weighted by molar-refractivity contribution is 7.48. The van der Waals surface area contributed by atoms with Crippen LogP contribution in [0.4, 0.5) is 0 Å². The third kappa shape index (κ3) is 5.74. The molecule has 0 aromatic heterocycles. The summed E-state index contributed by atoms with van der Waals surface area (Å²) >= 11 is 0. The lowest BCUT2D eigenvalue weighted by Crippen LogP contribution is -2.00. The lowest BCUT2D eigenvalue weighted by molar-refractivity contribution is 0.291. The molecule has 0 aliphatic rings. The molecule has 0 saturated carbocycles. The number of hydrogen-bond acceptors (Lipinski definition) is 3. The van der Waals surface area contributed by atoms with Crippen molar-refractivity contribution >= 4 is 7.82 Å². The smallest absolute Gasteiger partial charge is 0.395 e. The molecule has 0 fully saturated rings. The van der Waals surface area contributed by atoms with Crippen LogP contribution >= 0.6 is 7.82 Å². The number of benzene rings is 2. The van der Waals surface area contributed by atoms with Crippen LogP contribution in [0.2, 0.25) is 0 Å². The van der Waals surface area contributed by atoms with Crippen LogP contribution in [0.25, 0.3) is 0 Å². The van der Waals surface area contributed by atoms with Gasteiger partial charge >= 0.3 is 7.82 Å². The van der Waals surface area contributed by atoms with Gasteiger partial charge in [0.15, 0.2) is 0 Å². The van der Waals surface area contributed by atoms with E-state index >= 15 is 0 Å². The van der Waals surface area contributed by atoms with E-state index in [0.717, 1.165) is 25.7 Å². The maximum absolute atomic E-state index is 12.1. The summed E-state index contributed by atoms with van der Waals surface area (Å²) < 4.78 is 22.3. The molecule has 124 valence electrons. The normalized spacial score (nSPS) is 11.3. The highest BCUT2D eigenvalue weighted by Gasteiger charge is 2.24. The Hall–Kier alpha value is -1.77. The second-order valence-corrected chi connectivity index (χ2v) is 6.74. The molecule has 0 saturated heterocycles. The first kappa shape index (κ1) is 17.6. The molecule has 1 N–H and O–H groups in total. The zero-order valence-electron chi connectivity index (χ0n) is 13.6. The SMILES string of the molecule is CCCc1ccc(OP(=O)(O)Oc2ccc(CCC)cc2)cc1. The molecule has 0 amide bonds. The molecule has 2 rings (SSSR count). The van der Waals surface area contributed by atoms with Gasteiger partial charge in [0.1, 0.15) is 11.5 Å². The second kappa shape index (κ2) is 8.19. The van der Waals surface area contributed by atoms with E-state index in [4.69, 9.17) is 9.05 Å². The molecule has 5 heteroatoms. The molecule has 0 heterocycles. The average molecular weight is 334 g/mol. The van der Waals surface area contributed by atoms with Crippen LogP contribution in [0.1, 0.15) is 37.8 Å². The van der Waals surface area contributed by atoms with E-state index in [2.05, 4.69) is 13.8 Å². The van der Waals surface area contributed by atoms with E-state index in [1.807, 2.05) is 24.3 Å². The van der Waals surface area contributed by atoms with Crippen molar-refractivity contribution in [1.29, 1.82) is 0 Å². The van der Waals surface area contributed by atoms with Gasteiger partial charge in [0, 0.05) is 0 Å². The predicted molar refractivity (Wildman–Crippen MR) is 92.0 cm³/mol. The minimum Gasteiger partial charge on any atom is -0.395 e. The highest BCUT2D eigenvalue weighted by atomic mass is 31.2. The highest BCUT2D eigenvalue weighted by Crippen LogP contribution is 2.44. The summed E-state index contributed by atoms with van der Waals surface area (Å²) in [4.78, 5) is 9.88. The Morgan fingerprint density at radius 2 is 1.13 bits per heavy atom. The third-order valence-electron chi connectivity index (χ3n) is 3.37. The van der Waals surface area contributed by atoms with E-state index in [1.165, 1.54) is 11.1 Å². The molecular weight excluding hydrogens is 311 g/mol. The van der Waals surface area contributed by atoms with Gasteiger partial charge in [-0.05, 0) is 48.2 Å². The van der Waals surface area contributed by atoms with Crippen molar-refractivity contribution in [3.8, 4) is 11.5 Å². The Morgan fingerprint density at radius 1 is 0.783 bits per heavy atom. The molecule has 0 aliphatic carbocycles. The number of aryl methyl sites for hydroxylation is 2. The van der Waals surface area contributed by atoms with Crippen molar-refractivity contribution in [3.05, 3.63) is 59.7 Å². The molecule has 0 atom stereocenters. The van der Waals surface area contributed by atoms with Crippen LogP contribution in [0.5, 0.6) is 11.5 Å². The molecule has 0 bridgehead atoms. The fourth-order valence-electron chi connectivity index (χ4n) is 2.30. The second-order valence-electron chi connectivity index (χ2n) is 5.44. The third-order valence-corrected chi connectivity index (χ3v) is 4.25. The minimum atomic E-state index is -4.20. The Kier molecular flexibility index (Phi) is 6.26. The van der Waals surface area contributed by atoms with Crippen molar-refractivity contribution in [3.63, 3.8) is 0 Å². The Balaban J connectivity index is 1.99. The molecule has 4 nitrogen and oxygen atoms in total. The number of phosphoric acid groups is 1. The molecule has 0 aliphatic heterocycles. The fraction of sp³-hybridized carbons (Fsp3) is 0.333. The molecule has 2 aromatic rings. The standard InChI is InChI=1S/C18H23O4P/c1-3-5-15-7-11-17(12-8-15)21-23(19,20)22-18-13-9-16(6-4-2)10-14-18/h7-14H,3-6H2,1-2H3,(H,19,20). The molecule has 0 radical (unpaired) electrons. The fourth-order valence-corrected chi connectivity index (χ4v) is 3.11. The summed E-state index contributed by atoms with van der Waals surface area (Å²) in [7, 11) is -4.20. The number of hydrogen-bond donors (Lipinski definition) is 1. The van der Waals surface area contributed by atoms with Gasteiger partial charge in [0.25, 0.3) is 0 Å². The molecular formula is C18H23O4P. The first-order chi connectivity index (χ1) is 11.0. The Bertz CT molecular complexity index is 594. The maximum Gasteiger partial charge on any atom is 0.584 e. The van der Waals surface area contributed by atoms with Gasteiger partial charge < -0.3 is 9.05 Å². The lowest BCUT2D eigenvalue weighted by atomic mass is 10.1. The summed E-state index contributed by atoms with van der Waals surface area (Å²) in [6.45, 7) is 4.21. The summed E-state index contributed by atoms with van der Waals surface area (Å²) in [6, 6.07) is 14.3. The topological polar surface area (TPSA) is 55.8 Å². The van der Waals surface area contributed by atoms with Crippen molar-refractivity contribution in [2.24, 2.45) is 0 Å². The average Bonchev–Trinajstić information content (AvgIpc) is 2.51. The largest absolute Gasteiger partial charge is 0.584 e. The van der Waals surface area contributed by atoms with Crippen LogP contribution in [0, 0.1) is 0 Å². The molecule has 2 aromatic carbocycles. The minimum absolute atomic E-state index is 0.318. The Morgan fingerprint density at radius 3 is 1.43 bits per heavy atom. The van der Waals surface area contributed by atoms with Gasteiger partial charge in [0.2, 0.25) is 0 Å². The van der Waals surface area contributed by atoms with Crippen LogP contribution in [0.15, 0.2) is 48.5 Å². The van der Waals surface area contributed by atoms with Crippen LogP contribution < -0.4 is 9.05 Å². The van der Waals surface area contributed by atoms with Crippen molar-refractivity contribution < 1.29 is 18.5 Å². The van der Waals surface area contributed by atoms with Gasteiger partial charge in [-0.25, -0.2) is 4.57 Å². The van der Waals surface area contributed by atoms with E-state index < -0.39 is 7.82 Å². The molecule has 0 unspecified atom stereocenters. The monoisotopic (exact) mass is 334 g/mol. The van der Waals surface area contributed by atoms with Crippen LogP contribution in [-0.4, -0.2) is 4.89 Å². The molecule has 23 heavy (non-hydrogen) atoms. The van der Waals surface area contributed by atoms with Gasteiger partial charge in [0.05, 0.1) is 0 Å². The van der Waals surface area contributed by atoms with Crippen molar-refractivity contribution in [1.82, 2.24) is 0 Å². The van der Waals surface area contributed by atoms with Crippen LogP contribution in [0.3, 0.4) is 0 Å². The van der Waals surface area contributed by atoms with E-state index in [-0.39, 0.29) is 0 Å². The van der Waals surface area contributed by atoms with Gasteiger partial charge in [-0.15, -0.1) is 0 Å². The lowest BCUT2D eigenvalue weighted by Gasteiger charge is -2.14. The van der Waals surface area contributed by atoms with Crippen LogP contribution in [-0.2, 0) is 17.4 Å². The summed E-state index contributed by atoms with van der Waals surface area (Å²) in [5, 5.41) is 0. The number of phosphoric ester groups is 1. The zero-order valence-corrected chi connectivity index (χ0v) is 14.5. The summed E-state index contributed by atoms with van der Waals surface area (Å²) in [6.07, 6.45) is 4.04. The van der Waals surface area contributed by atoms with Gasteiger partial charge in [-0.3, -0.25) is 4.89 Å². The summed E-state index contributed by atoms with van der Waals surface area (Å²) in [5.41, 5.74) is 2.33. The van der Waals surface area contributed by atoms with Gasteiger partial charge in [-0.1, -0.05) is 51.0 Å². The Labute approximate surface area is 137 Å². The van der Waals surface area contributed by atoms with E-state index in [9.17, 15) is 9.46 Å². The summed E-state index contributed by atoms with van der Waals surface area (Å²) in [5.74, 6) is 0.636. The molecule has 0 spiro atoms.